The van der Waals surface area contributed by atoms with Crippen LogP contribution in [0.15, 0.2) is 52.2 Å². The molecule has 13 heteroatoms. The Morgan fingerprint density at radius 2 is 1.93 bits per heavy atom. The SMILES string of the molecule is O=C(NN=Cc1ccc([N+](=O)[O-])s1)c1nn(Cc2ccc(Br)cc2)cc1[N+](=O)[O-]. The molecule has 1 amide bonds. The van der Waals surface area contributed by atoms with Crippen LogP contribution in [0, 0.1) is 20.2 Å². The van der Waals surface area contributed by atoms with Crippen molar-refractivity contribution in [2.45, 2.75) is 6.54 Å². The van der Waals surface area contributed by atoms with Crippen molar-refractivity contribution >= 4 is 50.1 Å². The van der Waals surface area contributed by atoms with Gasteiger partial charge in [0.1, 0.15) is 6.20 Å². The number of carbonyl (C=O) groups is 1. The van der Waals surface area contributed by atoms with Crippen molar-refractivity contribution in [1.82, 2.24) is 15.2 Å². The number of nitrogens with one attached hydrogen (secondary N) is 1. The number of hydrogen-bond acceptors (Lipinski definition) is 8. The highest BCUT2D eigenvalue weighted by molar-refractivity contribution is 9.10. The van der Waals surface area contributed by atoms with Gasteiger partial charge in [-0.1, -0.05) is 39.4 Å². The summed E-state index contributed by atoms with van der Waals surface area (Å²) >= 11 is 4.20. The quantitative estimate of drug-likeness (QED) is 0.313. The molecule has 0 aliphatic heterocycles. The van der Waals surface area contributed by atoms with E-state index in [2.05, 4.69) is 31.6 Å². The molecular weight excluding hydrogens is 468 g/mol. The van der Waals surface area contributed by atoms with Crippen LogP contribution < -0.4 is 5.43 Å². The Kier molecular flexibility index (Phi) is 6.09. The Balaban J connectivity index is 1.73. The highest BCUT2D eigenvalue weighted by Gasteiger charge is 2.25. The van der Waals surface area contributed by atoms with Gasteiger partial charge in [0.15, 0.2) is 0 Å². The number of amides is 1. The lowest BCUT2D eigenvalue weighted by molar-refractivity contribution is -0.385. The van der Waals surface area contributed by atoms with Crippen LogP contribution in [0.3, 0.4) is 0 Å². The zero-order valence-electron chi connectivity index (χ0n) is 14.4. The predicted molar refractivity (Wildman–Crippen MR) is 108 cm³/mol. The molecule has 29 heavy (non-hydrogen) atoms. The van der Waals surface area contributed by atoms with Crippen LogP contribution in [0.4, 0.5) is 10.7 Å². The summed E-state index contributed by atoms with van der Waals surface area (Å²) in [6.45, 7) is 0.240. The first-order chi connectivity index (χ1) is 13.8. The molecule has 0 spiro atoms. The maximum Gasteiger partial charge on any atom is 0.324 e. The Morgan fingerprint density at radius 1 is 1.21 bits per heavy atom. The van der Waals surface area contributed by atoms with Gasteiger partial charge in [-0.2, -0.15) is 10.2 Å². The molecule has 0 radical (unpaired) electrons. The van der Waals surface area contributed by atoms with Crippen molar-refractivity contribution in [3.05, 3.63) is 83.4 Å². The lowest BCUT2D eigenvalue weighted by Crippen LogP contribution is -2.19. The average Bonchev–Trinajstić information content (AvgIpc) is 3.31. The number of carbonyl (C=O) groups excluding carboxylic acids is 1. The number of halogens is 1. The van der Waals surface area contributed by atoms with Gasteiger partial charge in [-0.05, 0) is 23.8 Å². The van der Waals surface area contributed by atoms with Gasteiger partial charge in [0.2, 0.25) is 5.69 Å². The van der Waals surface area contributed by atoms with Gasteiger partial charge >= 0.3 is 10.7 Å². The molecule has 0 saturated heterocycles. The van der Waals surface area contributed by atoms with Gasteiger partial charge in [0.25, 0.3) is 5.91 Å². The third kappa shape index (κ3) is 5.08. The highest BCUT2D eigenvalue weighted by Crippen LogP contribution is 2.22. The zero-order valence-corrected chi connectivity index (χ0v) is 16.8. The second kappa shape index (κ2) is 8.70. The summed E-state index contributed by atoms with van der Waals surface area (Å²) < 4.78 is 2.18. The van der Waals surface area contributed by atoms with Gasteiger partial charge < -0.3 is 0 Å². The lowest BCUT2D eigenvalue weighted by atomic mass is 10.2. The average molecular weight is 479 g/mol. The summed E-state index contributed by atoms with van der Waals surface area (Å²) in [6, 6.07) is 10.1. The van der Waals surface area contributed by atoms with Crippen LogP contribution in [-0.2, 0) is 6.54 Å². The molecule has 0 fully saturated rings. The fourth-order valence-electron chi connectivity index (χ4n) is 2.28. The summed E-state index contributed by atoms with van der Waals surface area (Å²) in [5, 5.41) is 29.5. The number of nitro groups is 2. The molecular formula is C16H11BrN6O5S. The Morgan fingerprint density at radius 3 is 2.55 bits per heavy atom. The van der Waals surface area contributed by atoms with Crippen LogP contribution in [0.25, 0.3) is 0 Å². The van der Waals surface area contributed by atoms with Gasteiger partial charge in [-0.15, -0.1) is 0 Å². The first kappa shape index (κ1) is 20.3. The summed E-state index contributed by atoms with van der Waals surface area (Å²) in [6.07, 6.45) is 2.38. The number of hydrogen-bond donors (Lipinski definition) is 1. The predicted octanol–water partition coefficient (Wildman–Crippen LogP) is 3.34. The van der Waals surface area contributed by atoms with Crippen molar-refractivity contribution < 1.29 is 14.6 Å². The maximum absolute atomic E-state index is 12.3. The second-order valence-corrected chi connectivity index (χ2v) is 7.59. The Labute approximate surface area is 175 Å². The second-order valence-electron chi connectivity index (χ2n) is 5.58. The third-order valence-electron chi connectivity index (χ3n) is 3.56. The van der Waals surface area contributed by atoms with Crippen molar-refractivity contribution in [2.24, 2.45) is 5.10 Å². The Hall–Kier alpha value is -3.45. The smallest absolute Gasteiger partial charge is 0.265 e. The molecule has 148 valence electrons. The molecule has 3 rings (SSSR count). The lowest BCUT2D eigenvalue weighted by Gasteiger charge is -2.01. The highest BCUT2D eigenvalue weighted by atomic mass is 79.9. The molecule has 0 atom stereocenters. The molecule has 3 aromatic rings. The largest absolute Gasteiger partial charge is 0.324 e. The fraction of sp³-hybridized carbons (Fsp3) is 0.0625. The first-order valence-electron chi connectivity index (χ1n) is 7.87. The van der Waals surface area contributed by atoms with Crippen LogP contribution in [0.5, 0.6) is 0 Å². The minimum Gasteiger partial charge on any atom is -0.265 e. The van der Waals surface area contributed by atoms with E-state index in [1.54, 1.807) is 0 Å². The standard InChI is InChI=1S/C16H11BrN6O5S/c17-11-3-1-10(2-4-11)8-21-9-13(22(25)26)15(20-21)16(24)19-18-7-12-5-6-14(29-12)23(27)28/h1-7,9H,8H2,(H,19,24). The van der Waals surface area contributed by atoms with Gasteiger partial charge in [0.05, 0.1) is 27.5 Å². The fourth-order valence-corrected chi connectivity index (χ4v) is 3.24. The topological polar surface area (TPSA) is 146 Å². The van der Waals surface area contributed by atoms with Crippen LogP contribution in [0.2, 0.25) is 0 Å². The first-order valence-corrected chi connectivity index (χ1v) is 9.48. The van der Waals surface area contributed by atoms with Gasteiger partial charge in [0, 0.05) is 10.5 Å². The van der Waals surface area contributed by atoms with E-state index in [0.717, 1.165) is 21.4 Å². The van der Waals surface area contributed by atoms with Gasteiger partial charge in [-0.3, -0.25) is 29.7 Å². The molecule has 2 heterocycles. The number of nitrogens with zero attached hydrogens (tertiary/aromatic N) is 5. The minimum absolute atomic E-state index is 0.0694. The van der Waals surface area contributed by atoms with E-state index < -0.39 is 21.4 Å². The van der Waals surface area contributed by atoms with Crippen LogP contribution >= 0.6 is 27.3 Å². The monoisotopic (exact) mass is 478 g/mol. The molecule has 0 aliphatic carbocycles. The van der Waals surface area contributed by atoms with E-state index in [1.165, 1.54) is 29.2 Å². The van der Waals surface area contributed by atoms with Crippen molar-refractivity contribution in [2.75, 3.05) is 0 Å². The number of thiophene rings is 1. The molecule has 0 aliphatic rings. The van der Waals surface area contributed by atoms with Crippen LogP contribution in [0.1, 0.15) is 20.9 Å². The number of aromatic nitrogens is 2. The van der Waals surface area contributed by atoms with Crippen molar-refractivity contribution in [3.8, 4) is 0 Å². The molecule has 11 nitrogen and oxygen atoms in total. The summed E-state index contributed by atoms with van der Waals surface area (Å²) in [5.74, 6) is -0.867. The Bertz CT molecular complexity index is 1110. The molecule has 1 N–H and O–H groups in total. The molecule has 2 aromatic heterocycles. The number of hydrazone groups is 1. The normalized spacial score (nSPS) is 10.9. The summed E-state index contributed by atoms with van der Waals surface area (Å²) in [5.41, 5.74) is 2.14. The van der Waals surface area contributed by atoms with E-state index >= 15 is 0 Å². The van der Waals surface area contributed by atoms with Crippen molar-refractivity contribution in [3.63, 3.8) is 0 Å². The molecule has 0 unspecified atom stereocenters. The third-order valence-corrected chi connectivity index (χ3v) is 5.06. The molecule has 1 aromatic carbocycles. The zero-order chi connectivity index (χ0) is 21.0. The van der Waals surface area contributed by atoms with E-state index in [1.807, 2.05) is 24.3 Å². The van der Waals surface area contributed by atoms with Crippen molar-refractivity contribution in [1.29, 1.82) is 0 Å². The number of rotatable bonds is 7. The molecule has 0 saturated carbocycles. The van der Waals surface area contributed by atoms with E-state index in [4.69, 9.17) is 0 Å². The molecule has 0 bridgehead atoms. The number of benzene rings is 1. The van der Waals surface area contributed by atoms with Gasteiger partial charge in [-0.25, -0.2) is 5.43 Å². The maximum atomic E-state index is 12.3. The van der Waals surface area contributed by atoms with E-state index in [0.29, 0.717) is 4.88 Å². The summed E-state index contributed by atoms with van der Waals surface area (Å²) in [7, 11) is 0. The summed E-state index contributed by atoms with van der Waals surface area (Å²) in [4.78, 5) is 33.4. The van der Waals surface area contributed by atoms with E-state index in [-0.39, 0.29) is 17.2 Å². The van der Waals surface area contributed by atoms with E-state index in [9.17, 15) is 25.0 Å². The minimum atomic E-state index is -0.867. The van der Waals surface area contributed by atoms with Crippen LogP contribution in [-0.4, -0.2) is 31.7 Å².